The summed E-state index contributed by atoms with van der Waals surface area (Å²) in [6, 6.07) is 15.6. The largest absolute Gasteiger partial charge is 0.276 e. The van der Waals surface area contributed by atoms with Gasteiger partial charge in [-0.05, 0) is 50.2 Å². The lowest BCUT2D eigenvalue weighted by Crippen LogP contribution is -2.14. The summed E-state index contributed by atoms with van der Waals surface area (Å²) in [4.78, 5) is 0.151. The molecule has 0 radical (unpaired) electrons. The molecule has 0 amide bonds. The third kappa shape index (κ3) is 3.16. The molecule has 3 aromatic rings. The Kier molecular flexibility index (Phi) is 4.34. The van der Waals surface area contributed by atoms with Crippen LogP contribution in [-0.2, 0) is 10.0 Å². The first-order chi connectivity index (χ1) is 11.4. The van der Waals surface area contributed by atoms with Gasteiger partial charge >= 0.3 is 0 Å². The highest BCUT2D eigenvalue weighted by Gasteiger charge is 2.20. The van der Waals surface area contributed by atoms with Crippen LogP contribution in [0.5, 0.6) is 0 Å². The minimum Gasteiger partial charge on any atom is -0.276 e. The van der Waals surface area contributed by atoms with Crippen LogP contribution in [-0.4, -0.2) is 18.2 Å². The van der Waals surface area contributed by atoms with Crippen LogP contribution in [0.15, 0.2) is 59.5 Å². The Balaban J connectivity index is 1.99. The lowest BCUT2D eigenvalue weighted by molar-refractivity contribution is 0.601. The number of hydrogen-bond acceptors (Lipinski definition) is 3. The average molecular weight is 362 g/mol. The summed E-state index contributed by atoms with van der Waals surface area (Å²) in [5.41, 5.74) is 2.67. The van der Waals surface area contributed by atoms with Crippen molar-refractivity contribution in [3.05, 3.63) is 71.0 Å². The first kappa shape index (κ1) is 16.5. The Morgan fingerprint density at radius 1 is 1.00 bits per heavy atom. The van der Waals surface area contributed by atoms with Crippen molar-refractivity contribution in [1.29, 1.82) is 0 Å². The molecule has 0 saturated carbocycles. The van der Waals surface area contributed by atoms with Crippen molar-refractivity contribution in [2.24, 2.45) is 0 Å². The number of para-hydroxylation sites is 1. The van der Waals surface area contributed by atoms with E-state index in [2.05, 4.69) is 9.82 Å². The lowest BCUT2D eigenvalue weighted by Gasteiger charge is -2.09. The SMILES string of the molecule is Cc1nn(-c2ccccc2)c(C)c1NS(=O)(=O)c1ccc(Cl)cc1. The Morgan fingerprint density at radius 3 is 2.25 bits per heavy atom. The smallest absolute Gasteiger partial charge is 0.262 e. The van der Waals surface area contributed by atoms with Gasteiger partial charge in [0.05, 0.1) is 27.7 Å². The van der Waals surface area contributed by atoms with E-state index in [4.69, 9.17) is 11.6 Å². The summed E-state index contributed by atoms with van der Waals surface area (Å²) in [5.74, 6) is 0. The molecule has 124 valence electrons. The molecule has 1 heterocycles. The van der Waals surface area contributed by atoms with Gasteiger partial charge in [-0.1, -0.05) is 29.8 Å². The molecule has 7 heteroatoms. The van der Waals surface area contributed by atoms with E-state index in [0.717, 1.165) is 11.4 Å². The molecule has 0 atom stereocenters. The van der Waals surface area contributed by atoms with Gasteiger partial charge in [0, 0.05) is 5.02 Å². The molecule has 0 aliphatic heterocycles. The van der Waals surface area contributed by atoms with Crippen LogP contribution in [0.3, 0.4) is 0 Å². The van der Waals surface area contributed by atoms with Crippen molar-refractivity contribution in [3.8, 4) is 5.69 Å². The number of halogens is 1. The Hall–Kier alpha value is -2.31. The zero-order valence-electron chi connectivity index (χ0n) is 13.2. The molecule has 2 aromatic carbocycles. The molecular formula is C17H16ClN3O2S. The quantitative estimate of drug-likeness (QED) is 0.765. The van der Waals surface area contributed by atoms with E-state index in [1.807, 2.05) is 37.3 Å². The summed E-state index contributed by atoms with van der Waals surface area (Å²) in [6.07, 6.45) is 0. The number of benzene rings is 2. The van der Waals surface area contributed by atoms with Crippen LogP contribution in [0.1, 0.15) is 11.4 Å². The molecule has 0 aliphatic rings. The Bertz CT molecular complexity index is 965. The van der Waals surface area contributed by atoms with E-state index in [9.17, 15) is 8.42 Å². The lowest BCUT2D eigenvalue weighted by atomic mass is 10.3. The molecule has 5 nitrogen and oxygen atoms in total. The number of aromatic nitrogens is 2. The van der Waals surface area contributed by atoms with E-state index in [1.54, 1.807) is 23.7 Å². The van der Waals surface area contributed by atoms with Crippen LogP contribution in [0.2, 0.25) is 5.02 Å². The van der Waals surface area contributed by atoms with E-state index in [0.29, 0.717) is 16.4 Å². The third-order valence-electron chi connectivity index (χ3n) is 3.65. The van der Waals surface area contributed by atoms with Crippen LogP contribution in [0.25, 0.3) is 5.69 Å². The van der Waals surface area contributed by atoms with Gasteiger partial charge in [0.1, 0.15) is 0 Å². The molecule has 1 N–H and O–H groups in total. The van der Waals surface area contributed by atoms with E-state index in [1.165, 1.54) is 12.1 Å². The first-order valence-electron chi connectivity index (χ1n) is 7.28. The van der Waals surface area contributed by atoms with Gasteiger partial charge in [-0.25, -0.2) is 13.1 Å². The summed E-state index contributed by atoms with van der Waals surface area (Å²) >= 11 is 5.81. The molecule has 1 aromatic heterocycles. The maximum Gasteiger partial charge on any atom is 0.262 e. The second-order valence-electron chi connectivity index (χ2n) is 5.35. The second kappa shape index (κ2) is 6.30. The predicted molar refractivity (Wildman–Crippen MR) is 95.3 cm³/mol. The first-order valence-corrected chi connectivity index (χ1v) is 9.14. The molecular weight excluding hydrogens is 346 g/mol. The number of nitrogens with one attached hydrogen (secondary N) is 1. The van der Waals surface area contributed by atoms with Crippen LogP contribution >= 0.6 is 11.6 Å². The van der Waals surface area contributed by atoms with Crippen LogP contribution < -0.4 is 4.72 Å². The van der Waals surface area contributed by atoms with Gasteiger partial charge < -0.3 is 0 Å². The standard InChI is InChI=1S/C17H16ClN3O2S/c1-12-17(13(2)21(19-12)15-6-4-3-5-7-15)20-24(22,23)16-10-8-14(18)9-11-16/h3-11,20H,1-2H3. The van der Waals surface area contributed by atoms with Gasteiger partial charge in [-0.3, -0.25) is 4.72 Å². The van der Waals surface area contributed by atoms with E-state index in [-0.39, 0.29) is 4.90 Å². The number of anilines is 1. The molecule has 24 heavy (non-hydrogen) atoms. The van der Waals surface area contributed by atoms with Gasteiger partial charge in [0.25, 0.3) is 10.0 Å². The summed E-state index contributed by atoms with van der Waals surface area (Å²) in [6.45, 7) is 3.60. The molecule has 0 fully saturated rings. The van der Waals surface area contributed by atoms with Crippen molar-refractivity contribution in [2.75, 3.05) is 4.72 Å². The van der Waals surface area contributed by atoms with Gasteiger partial charge in [-0.15, -0.1) is 0 Å². The monoisotopic (exact) mass is 361 g/mol. The maximum atomic E-state index is 12.6. The molecule has 0 saturated heterocycles. The topological polar surface area (TPSA) is 64.0 Å². The number of nitrogens with zero attached hydrogens (tertiary/aromatic N) is 2. The Labute approximate surface area is 145 Å². The molecule has 0 unspecified atom stereocenters. The molecule has 0 aliphatic carbocycles. The zero-order valence-corrected chi connectivity index (χ0v) is 14.8. The Morgan fingerprint density at radius 2 is 1.62 bits per heavy atom. The average Bonchev–Trinajstić information content (AvgIpc) is 2.84. The van der Waals surface area contributed by atoms with E-state index >= 15 is 0 Å². The van der Waals surface area contributed by atoms with Crippen molar-refractivity contribution in [3.63, 3.8) is 0 Å². The summed E-state index contributed by atoms with van der Waals surface area (Å²) in [7, 11) is -3.71. The highest BCUT2D eigenvalue weighted by Crippen LogP contribution is 2.26. The predicted octanol–water partition coefficient (Wildman–Crippen LogP) is 3.94. The van der Waals surface area contributed by atoms with Gasteiger partial charge in [0.2, 0.25) is 0 Å². The minimum atomic E-state index is -3.71. The fourth-order valence-electron chi connectivity index (χ4n) is 2.42. The molecule has 3 rings (SSSR count). The van der Waals surface area contributed by atoms with Crippen molar-refractivity contribution < 1.29 is 8.42 Å². The van der Waals surface area contributed by atoms with Crippen molar-refractivity contribution in [2.45, 2.75) is 18.7 Å². The highest BCUT2D eigenvalue weighted by molar-refractivity contribution is 7.92. The van der Waals surface area contributed by atoms with Crippen LogP contribution in [0, 0.1) is 13.8 Å². The van der Waals surface area contributed by atoms with E-state index < -0.39 is 10.0 Å². The second-order valence-corrected chi connectivity index (χ2v) is 7.47. The maximum absolute atomic E-state index is 12.6. The van der Waals surface area contributed by atoms with Crippen molar-refractivity contribution >= 4 is 27.3 Å². The van der Waals surface area contributed by atoms with Crippen LogP contribution in [0.4, 0.5) is 5.69 Å². The van der Waals surface area contributed by atoms with Gasteiger partial charge in [0.15, 0.2) is 0 Å². The fraction of sp³-hybridized carbons (Fsp3) is 0.118. The third-order valence-corrected chi connectivity index (χ3v) is 5.27. The highest BCUT2D eigenvalue weighted by atomic mass is 35.5. The van der Waals surface area contributed by atoms with Gasteiger partial charge in [-0.2, -0.15) is 5.10 Å². The fourth-order valence-corrected chi connectivity index (χ4v) is 3.72. The number of aryl methyl sites for hydroxylation is 1. The minimum absolute atomic E-state index is 0.151. The number of rotatable bonds is 4. The molecule has 0 bridgehead atoms. The normalized spacial score (nSPS) is 11.5. The summed E-state index contributed by atoms with van der Waals surface area (Å²) in [5, 5.41) is 4.93. The number of sulfonamides is 1. The summed E-state index contributed by atoms with van der Waals surface area (Å²) < 4.78 is 29.5. The van der Waals surface area contributed by atoms with Crippen molar-refractivity contribution in [1.82, 2.24) is 9.78 Å². The zero-order chi connectivity index (χ0) is 17.3. The number of hydrogen-bond donors (Lipinski definition) is 1. The molecule has 0 spiro atoms.